The molecule has 0 unspecified atom stereocenters. The van der Waals surface area contributed by atoms with Gasteiger partial charge in [0.15, 0.2) is 23.1 Å². The van der Waals surface area contributed by atoms with Gasteiger partial charge in [-0.3, -0.25) is 5.10 Å². The number of halogens is 2. The van der Waals surface area contributed by atoms with Crippen LogP contribution in [-0.2, 0) is 0 Å². The van der Waals surface area contributed by atoms with Gasteiger partial charge in [0, 0.05) is 6.07 Å². The number of aromatic nitrogens is 2. The summed E-state index contributed by atoms with van der Waals surface area (Å²) in [6.07, 6.45) is 0. The average Bonchev–Trinajstić information content (AvgIpc) is 2.90. The van der Waals surface area contributed by atoms with Crippen LogP contribution in [-0.4, -0.2) is 35.5 Å². The lowest BCUT2D eigenvalue weighted by atomic mass is 10.1. The van der Waals surface area contributed by atoms with E-state index < -0.39 is 17.6 Å². The molecule has 0 atom stereocenters. The van der Waals surface area contributed by atoms with Gasteiger partial charge in [-0.1, -0.05) is 0 Å². The highest BCUT2D eigenvalue weighted by Gasteiger charge is 2.24. The second-order valence-corrected chi connectivity index (χ2v) is 3.75. The second kappa shape index (κ2) is 5.16. The molecule has 0 saturated carbocycles. The predicted molar refractivity (Wildman–Crippen MR) is 64.0 cm³/mol. The van der Waals surface area contributed by atoms with Gasteiger partial charge < -0.3 is 14.6 Å². The highest BCUT2D eigenvalue weighted by atomic mass is 19.2. The fourth-order valence-corrected chi connectivity index (χ4v) is 1.73. The summed E-state index contributed by atoms with van der Waals surface area (Å²) in [7, 11) is 2.52. The summed E-state index contributed by atoms with van der Waals surface area (Å²) >= 11 is 0. The Hall–Kier alpha value is -2.64. The number of benzene rings is 1. The molecule has 20 heavy (non-hydrogen) atoms. The maximum atomic E-state index is 13.9. The average molecular weight is 284 g/mol. The van der Waals surface area contributed by atoms with Gasteiger partial charge in [-0.2, -0.15) is 5.10 Å². The van der Waals surface area contributed by atoms with Crippen molar-refractivity contribution in [3.05, 3.63) is 29.5 Å². The van der Waals surface area contributed by atoms with Crippen LogP contribution in [0.4, 0.5) is 8.78 Å². The summed E-state index contributed by atoms with van der Waals surface area (Å²) in [5, 5.41) is 14.7. The van der Waals surface area contributed by atoms with Crippen molar-refractivity contribution in [1.82, 2.24) is 10.2 Å². The van der Waals surface area contributed by atoms with E-state index in [1.54, 1.807) is 0 Å². The molecule has 2 aromatic rings. The Morgan fingerprint density at radius 1 is 1.30 bits per heavy atom. The van der Waals surface area contributed by atoms with Crippen LogP contribution in [0.2, 0.25) is 0 Å². The molecule has 8 heteroatoms. The molecule has 1 heterocycles. The number of hydrogen-bond donors (Lipinski definition) is 2. The molecule has 6 nitrogen and oxygen atoms in total. The summed E-state index contributed by atoms with van der Waals surface area (Å²) < 4.78 is 37.4. The molecule has 0 radical (unpaired) electrons. The number of aromatic amines is 1. The van der Waals surface area contributed by atoms with E-state index in [9.17, 15) is 13.6 Å². The summed E-state index contributed by atoms with van der Waals surface area (Å²) in [5.41, 5.74) is -0.674. The molecule has 2 rings (SSSR count). The molecule has 0 fully saturated rings. The molecule has 0 bridgehead atoms. The molecule has 1 aromatic carbocycles. The van der Waals surface area contributed by atoms with E-state index in [2.05, 4.69) is 10.2 Å². The quantitative estimate of drug-likeness (QED) is 0.897. The smallest absolute Gasteiger partial charge is 0.353 e. The van der Waals surface area contributed by atoms with E-state index in [-0.39, 0.29) is 28.5 Å². The minimum Gasteiger partial charge on any atom is -0.493 e. The van der Waals surface area contributed by atoms with Crippen molar-refractivity contribution in [3.63, 3.8) is 0 Å². The van der Waals surface area contributed by atoms with Crippen molar-refractivity contribution in [2.45, 2.75) is 0 Å². The van der Waals surface area contributed by atoms with E-state index in [0.29, 0.717) is 0 Å². The van der Waals surface area contributed by atoms with Gasteiger partial charge in [0.2, 0.25) is 0 Å². The van der Waals surface area contributed by atoms with Gasteiger partial charge in [0.1, 0.15) is 5.69 Å². The number of nitrogens with zero attached hydrogens (tertiary/aromatic N) is 1. The first kappa shape index (κ1) is 13.8. The molecule has 0 saturated heterocycles. The van der Waals surface area contributed by atoms with Crippen LogP contribution < -0.4 is 9.47 Å². The molecular formula is C12H10F2N2O4. The Morgan fingerprint density at radius 3 is 2.50 bits per heavy atom. The summed E-state index contributed by atoms with van der Waals surface area (Å²) in [6.45, 7) is 0. The van der Waals surface area contributed by atoms with E-state index >= 15 is 0 Å². The number of methoxy groups -OCH3 is 2. The number of carboxylic acids is 1. The number of carbonyl (C=O) groups is 1. The van der Waals surface area contributed by atoms with E-state index in [0.717, 1.165) is 12.1 Å². The third kappa shape index (κ3) is 2.15. The van der Waals surface area contributed by atoms with Crippen LogP contribution in [0.1, 0.15) is 10.5 Å². The van der Waals surface area contributed by atoms with Crippen molar-refractivity contribution >= 4 is 5.97 Å². The zero-order valence-electron chi connectivity index (χ0n) is 10.5. The first-order valence-electron chi connectivity index (χ1n) is 5.38. The van der Waals surface area contributed by atoms with Gasteiger partial charge in [-0.25, -0.2) is 13.6 Å². The van der Waals surface area contributed by atoms with Crippen molar-refractivity contribution < 1.29 is 28.2 Å². The normalized spacial score (nSPS) is 10.4. The molecule has 0 aliphatic carbocycles. The Labute approximate surface area is 111 Å². The number of carboxylic acid groups (broad SMARTS) is 1. The molecule has 0 amide bonds. The first-order valence-corrected chi connectivity index (χ1v) is 5.38. The number of H-pyrrole nitrogens is 1. The molecule has 2 N–H and O–H groups in total. The molecule has 0 aliphatic heterocycles. The lowest BCUT2D eigenvalue weighted by Gasteiger charge is -2.12. The molecule has 106 valence electrons. The Kier molecular flexibility index (Phi) is 3.55. The minimum atomic E-state index is -1.27. The summed E-state index contributed by atoms with van der Waals surface area (Å²) in [6, 6.07) is 1.91. The second-order valence-electron chi connectivity index (χ2n) is 3.75. The number of ether oxygens (including phenoxy) is 2. The third-order valence-electron chi connectivity index (χ3n) is 2.63. The fourth-order valence-electron chi connectivity index (χ4n) is 1.73. The van der Waals surface area contributed by atoms with Gasteiger partial charge in [-0.15, -0.1) is 0 Å². The maximum absolute atomic E-state index is 13.9. The largest absolute Gasteiger partial charge is 0.493 e. The zero-order valence-corrected chi connectivity index (χ0v) is 10.5. The lowest BCUT2D eigenvalue weighted by molar-refractivity contribution is 0.0690. The van der Waals surface area contributed by atoms with Crippen LogP contribution in [0.15, 0.2) is 12.1 Å². The topological polar surface area (TPSA) is 84.4 Å². The van der Waals surface area contributed by atoms with Gasteiger partial charge >= 0.3 is 5.97 Å². The lowest BCUT2D eigenvalue weighted by Crippen LogP contribution is -1.99. The minimum absolute atomic E-state index is 0.0266. The van der Waals surface area contributed by atoms with E-state index in [1.165, 1.54) is 14.2 Å². The molecule has 0 aliphatic rings. The number of aromatic carboxylic acids is 1. The Balaban J connectivity index is 2.70. The van der Waals surface area contributed by atoms with E-state index in [4.69, 9.17) is 14.6 Å². The summed E-state index contributed by atoms with van der Waals surface area (Å²) in [4.78, 5) is 10.8. The van der Waals surface area contributed by atoms with Crippen molar-refractivity contribution in [1.29, 1.82) is 0 Å². The summed E-state index contributed by atoms with van der Waals surface area (Å²) in [5.74, 6) is -3.73. The third-order valence-corrected chi connectivity index (χ3v) is 2.63. The first-order chi connectivity index (χ1) is 9.49. The number of rotatable bonds is 4. The molecule has 1 aromatic heterocycles. The maximum Gasteiger partial charge on any atom is 0.353 e. The Bertz CT molecular complexity index is 670. The Morgan fingerprint density at radius 2 is 2.00 bits per heavy atom. The zero-order chi connectivity index (χ0) is 14.9. The highest BCUT2D eigenvalue weighted by molar-refractivity contribution is 5.87. The van der Waals surface area contributed by atoms with Crippen LogP contribution >= 0.6 is 0 Å². The van der Waals surface area contributed by atoms with Crippen LogP contribution in [0.25, 0.3) is 11.3 Å². The molecular weight excluding hydrogens is 274 g/mol. The van der Waals surface area contributed by atoms with Crippen molar-refractivity contribution in [2.75, 3.05) is 14.2 Å². The van der Waals surface area contributed by atoms with Gasteiger partial charge in [0.05, 0.1) is 25.5 Å². The molecule has 0 spiro atoms. The number of nitrogens with one attached hydrogen (secondary N) is 1. The fraction of sp³-hybridized carbons (Fsp3) is 0.167. The van der Waals surface area contributed by atoms with Crippen molar-refractivity contribution in [3.8, 4) is 22.8 Å². The monoisotopic (exact) mass is 284 g/mol. The highest BCUT2D eigenvalue weighted by Crippen LogP contribution is 2.40. The van der Waals surface area contributed by atoms with Gasteiger partial charge in [-0.05, 0) is 6.07 Å². The van der Waals surface area contributed by atoms with Gasteiger partial charge in [0.25, 0.3) is 0 Å². The predicted octanol–water partition coefficient (Wildman–Crippen LogP) is 2.07. The standard InChI is InChI=1S/C12H10F2N2O4/c1-19-8-3-5(13)10(14)9(11(8)20-2)6-4-7(12(17)18)16-15-6/h3-4H,1-2H3,(H,15,16)(H,17,18). The van der Waals surface area contributed by atoms with Crippen molar-refractivity contribution in [2.24, 2.45) is 0 Å². The van der Waals surface area contributed by atoms with E-state index in [1.807, 2.05) is 0 Å². The van der Waals surface area contributed by atoms with Crippen LogP contribution in [0.5, 0.6) is 11.5 Å². The van der Waals surface area contributed by atoms with Crippen LogP contribution in [0, 0.1) is 11.6 Å². The van der Waals surface area contributed by atoms with Crippen LogP contribution in [0.3, 0.4) is 0 Å². The SMILES string of the molecule is COc1cc(F)c(F)c(-c2cc(C(=O)O)[nH]n2)c1OC. The number of hydrogen-bond acceptors (Lipinski definition) is 4.